The van der Waals surface area contributed by atoms with Gasteiger partial charge in [0.1, 0.15) is 11.6 Å². The van der Waals surface area contributed by atoms with Gasteiger partial charge in [0.25, 0.3) is 5.56 Å². The second-order valence-electron chi connectivity index (χ2n) is 11.3. The molecule has 11 heteroatoms. The largest absolute Gasteiger partial charge is 0.416 e. The van der Waals surface area contributed by atoms with E-state index in [1.165, 1.54) is 36.0 Å². The van der Waals surface area contributed by atoms with Crippen molar-refractivity contribution in [1.29, 1.82) is 0 Å². The molecule has 0 radical (unpaired) electrons. The number of alkyl halides is 3. The number of fused-ring (bicyclic) bond motifs is 1. The van der Waals surface area contributed by atoms with Crippen molar-refractivity contribution in [2.75, 3.05) is 0 Å². The van der Waals surface area contributed by atoms with Crippen molar-refractivity contribution in [3.05, 3.63) is 122 Å². The topological polar surface area (TPSA) is 65.6 Å². The van der Waals surface area contributed by atoms with Crippen LogP contribution in [-0.4, -0.2) is 24.3 Å². The molecule has 0 atom stereocenters. The van der Waals surface area contributed by atoms with Gasteiger partial charge in [0.05, 0.1) is 12.1 Å². The third-order valence-corrected chi connectivity index (χ3v) is 8.90. The molecule has 0 unspecified atom stereocenters. The lowest BCUT2D eigenvalue weighted by atomic mass is 10.0. The molecule has 6 nitrogen and oxygen atoms in total. The fourth-order valence-corrected chi connectivity index (χ4v) is 6.36. The predicted molar refractivity (Wildman–Crippen MR) is 168 cm³/mol. The van der Waals surface area contributed by atoms with E-state index in [2.05, 4.69) is 31.2 Å². The van der Waals surface area contributed by atoms with Gasteiger partial charge >= 0.3 is 6.18 Å². The molecular formula is C34H35F4N5OS. The zero-order chi connectivity index (χ0) is 32.1. The Bertz CT molecular complexity index is 1770. The van der Waals surface area contributed by atoms with Gasteiger partial charge in [-0.25, -0.2) is 4.39 Å². The molecule has 0 saturated heterocycles. The first-order valence-electron chi connectivity index (χ1n) is 15.0. The van der Waals surface area contributed by atoms with Gasteiger partial charge < -0.3 is 9.13 Å². The molecule has 4 aromatic rings. The van der Waals surface area contributed by atoms with Gasteiger partial charge in [-0.1, -0.05) is 60.7 Å². The van der Waals surface area contributed by atoms with E-state index in [1.54, 1.807) is 12.1 Å². The molecule has 0 amide bonds. The van der Waals surface area contributed by atoms with Gasteiger partial charge in [0.2, 0.25) is 0 Å². The molecule has 1 aliphatic carbocycles. The Hall–Kier alpha value is -3.99. The molecule has 0 bridgehead atoms. The first-order valence-corrected chi connectivity index (χ1v) is 15.9. The monoisotopic (exact) mass is 637 g/mol. The molecule has 0 fully saturated rings. The van der Waals surface area contributed by atoms with Crippen LogP contribution in [0.5, 0.6) is 0 Å². The second-order valence-corrected chi connectivity index (χ2v) is 12.2. The minimum atomic E-state index is -4.37. The maximum Gasteiger partial charge on any atom is 0.416 e. The average Bonchev–Trinajstić information content (AvgIpc) is 3.65. The lowest BCUT2D eigenvalue weighted by Crippen LogP contribution is -2.23. The summed E-state index contributed by atoms with van der Waals surface area (Å²) in [5.41, 5.74) is 4.38. The molecule has 2 aromatic carbocycles. The van der Waals surface area contributed by atoms with Crippen LogP contribution in [0.1, 0.15) is 73.2 Å². The van der Waals surface area contributed by atoms with Gasteiger partial charge in [-0.15, -0.1) is 10.2 Å². The van der Waals surface area contributed by atoms with E-state index in [1.807, 2.05) is 26.0 Å². The predicted octanol–water partition coefficient (Wildman–Crippen LogP) is 7.82. The highest BCUT2D eigenvalue weighted by Crippen LogP contribution is 2.30. The van der Waals surface area contributed by atoms with Crippen LogP contribution in [0.4, 0.5) is 17.6 Å². The third kappa shape index (κ3) is 7.81. The van der Waals surface area contributed by atoms with E-state index < -0.39 is 11.7 Å². The van der Waals surface area contributed by atoms with Gasteiger partial charge in [0, 0.05) is 30.0 Å². The Morgan fingerprint density at radius 3 is 2.36 bits per heavy atom. The minimum Gasteiger partial charge on any atom is -0.316 e. The third-order valence-electron chi connectivity index (χ3n) is 7.85. The van der Waals surface area contributed by atoms with Crippen molar-refractivity contribution in [2.45, 2.75) is 83.1 Å². The molecule has 236 valence electrons. The van der Waals surface area contributed by atoms with Gasteiger partial charge in [0.15, 0.2) is 11.0 Å². The van der Waals surface area contributed by atoms with Gasteiger partial charge in [-0.05, 0) is 80.5 Å². The number of aromatic nitrogens is 5. The molecule has 5 rings (SSSR count). The maximum atomic E-state index is 13.4. The van der Waals surface area contributed by atoms with Crippen molar-refractivity contribution < 1.29 is 17.6 Å². The van der Waals surface area contributed by atoms with Gasteiger partial charge in [-0.2, -0.15) is 18.2 Å². The van der Waals surface area contributed by atoms with Crippen LogP contribution in [0.15, 0.2) is 76.2 Å². The van der Waals surface area contributed by atoms with Crippen molar-refractivity contribution >= 4 is 17.3 Å². The van der Waals surface area contributed by atoms with Crippen LogP contribution in [0.25, 0.3) is 5.57 Å². The lowest BCUT2D eigenvalue weighted by molar-refractivity contribution is -0.137. The van der Waals surface area contributed by atoms with Crippen LogP contribution in [-0.2, 0) is 44.3 Å². The lowest BCUT2D eigenvalue weighted by Gasteiger charge is -2.18. The van der Waals surface area contributed by atoms with Crippen LogP contribution in [0.2, 0.25) is 0 Å². The summed E-state index contributed by atoms with van der Waals surface area (Å²) in [5.74, 6) is 1.84. The molecule has 45 heavy (non-hydrogen) atoms. The Kier molecular flexibility index (Phi) is 10.1. The highest BCUT2D eigenvalue weighted by atomic mass is 32.2. The zero-order valence-electron chi connectivity index (χ0n) is 25.5. The molecule has 0 aliphatic heterocycles. The minimum absolute atomic E-state index is 0.192. The van der Waals surface area contributed by atoms with E-state index in [0.717, 1.165) is 77.4 Å². The van der Waals surface area contributed by atoms with E-state index in [9.17, 15) is 22.4 Å². The number of hydrogen-bond donors (Lipinski definition) is 0. The summed E-state index contributed by atoms with van der Waals surface area (Å²) >= 11 is 1.44. The normalized spacial score (nSPS) is 13.8. The quantitative estimate of drug-likeness (QED) is 0.0726. The first kappa shape index (κ1) is 32.4. The first-order chi connectivity index (χ1) is 21.5. The van der Waals surface area contributed by atoms with Crippen LogP contribution in [0.3, 0.4) is 0 Å². The Labute approximate surface area is 263 Å². The second kappa shape index (κ2) is 14.0. The molecule has 0 saturated carbocycles. The van der Waals surface area contributed by atoms with E-state index in [-0.39, 0.29) is 11.4 Å². The summed E-state index contributed by atoms with van der Waals surface area (Å²) in [5, 5.41) is 9.68. The Morgan fingerprint density at radius 1 is 0.956 bits per heavy atom. The molecule has 0 N–H and O–H groups in total. The van der Waals surface area contributed by atoms with Crippen molar-refractivity contribution in [2.24, 2.45) is 0 Å². The summed E-state index contributed by atoms with van der Waals surface area (Å²) in [4.78, 5) is 17.4. The summed E-state index contributed by atoms with van der Waals surface area (Å²) in [7, 11) is 0. The van der Waals surface area contributed by atoms with E-state index >= 15 is 0 Å². The number of thioether (sulfide) groups is 1. The number of halogens is 4. The van der Waals surface area contributed by atoms with E-state index in [0.29, 0.717) is 36.0 Å². The molecule has 2 heterocycles. The molecule has 1 aliphatic rings. The number of hydrogen-bond acceptors (Lipinski definition) is 5. The highest BCUT2D eigenvalue weighted by molar-refractivity contribution is 7.98. The zero-order valence-corrected chi connectivity index (χ0v) is 26.3. The summed E-state index contributed by atoms with van der Waals surface area (Å²) in [6.07, 6.45) is 3.50. The standard InChI is InChI=1S/C34H35F4N5OS/c1-4-6-30-40-41-31(43(30)19-22(2)9-10-23(3)25-13-15-26(16-14-25)34(36,37)38)20-42-29-8-5-7-28(29)32(44)39-33(42)45-21-24-11-17-27(35)18-12-24/h9-18H,4-8,19-21H2,1-3H3. The summed E-state index contributed by atoms with van der Waals surface area (Å²) < 4.78 is 56.5. The Morgan fingerprint density at radius 2 is 1.67 bits per heavy atom. The van der Waals surface area contributed by atoms with Crippen LogP contribution in [0, 0.1) is 5.82 Å². The maximum absolute atomic E-state index is 13.4. The average molecular weight is 638 g/mol. The summed E-state index contributed by atoms with van der Waals surface area (Å²) in [6, 6.07) is 11.5. The fourth-order valence-electron chi connectivity index (χ4n) is 5.40. The number of nitrogens with zero attached hydrogens (tertiary/aromatic N) is 5. The van der Waals surface area contributed by atoms with Gasteiger partial charge in [-0.3, -0.25) is 4.79 Å². The van der Waals surface area contributed by atoms with Crippen molar-refractivity contribution in [1.82, 2.24) is 24.3 Å². The van der Waals surface area contributed by atoms with Crippen molar-refractivity contribution in [3.8, 4) is 0 Å². The van der Waals surface area contributed by atoms with Crippen LogP contribution >= 0.6 is 11.8 Å². The van der Waals surface area contributed by atoms with E-state index in [4.69, 9.17) is 0 Å². The SMILES string of the molecule is CCCc1nnc(Cn2c(SCc3ccc(F)cc3)nc(=O)c3c2CCC3)n1CC(C)=CC=C(C)c1ccc(C(F)(F)F)cc1. The highest BCUT2D eigenvalue weighted by Gasteiger charge is 2.30. The smallest absolute Gasteiger partial charge is 0.316 e. The number of rotatable bonds is 11. The van der Waals surface area contributed by atoms with Crippen molar-refractivity contribution in [3.63, 3.8) is 0 Å². The molecular weight excluding hydrogens is 602 g/mol. The van der Waals surface area contributed by atoms with Crippen LogP contribution < -0.4 is 5.56 Å². The Balaban J connectivity index is 1.41. The fraction of sp³-hybridized carbons (Fsp3) is 0.353. The molecule has 2 aromatic heterocycles. The molecule has 0 spiro atoms. The number of aryl methyl sites for hydroxylation is 1. The summed E-state index contributed by atoms with van der Waals surface area (Å²) in [6.45, 7) is 6.88. The number of benzene rings is 2. The number of allylic oxidation sites excluding steroid dienone is 4.